The molecule has 1 aromatic heterocycles. The van der Waals surface area contributed by atoms with Crippen LogP contribution in [0.5, 0.6) is 0 Å². The van der Waals surface area contributed by atoms with Gasteiger partial charge in [0.1, 0.15) is 0 Å². The Bertz CT molecular complexity index is 357. The summed E-state index contributed by atoms with van der Waals surface area (Å²) in [7, 11) is 4.20. The SMILES string of the molecule is CN(C)CCCNCc1cnc(N2CCCC2)nc1. The van der Waals surface area contributed by atoms with Gasteiger partial charge in [-0.05, 0) is 46.4 Å². The maximum absolute atomic E-state index is 4.45. The maximum Gasteiger partial charge on any atom is 0.225 e. The summed E-state index contributed by atoms with van der Waals surface area (Å²) in [6.45, 7) is 5.21. The van der Waals surface area contributed by atoms with Crippen LogP contribution >= 0.6 is 0 Å². The number of hydrogen-bond donors (Lipinski definition) is 1. The van der Waals surface area contributed by atoms with Gasteiger partial charge in [0.15, 0.2) is 0 Å². The first-order valence-corrected chi connectivity index (χ1v) is 7.17. The minimum Gasteiger partial charge on any atom is -0.341 e. The third kappa shape index (κ3) is 4.76. The van der Waals surface area contributed by atoms with Crippen molar-refractivity contribution < 1.29 is 0 Å². The Morgan fingerprint density at radius 1 is 1.21 bits per heavy atom. The molecule has 0 spiro atoms. The van der Waals surface area contributed by atoms with Gasteiger partial charge in [-0.3, -0.25) is 0 Å². The van der Waals surface area contributed by atoms with Crippen molar-refractivity contribution >= 4 is 5.95 Å². The number of nitrogens with one attached hydrogen (secondary N) is 1. The molecule has 0 aliphatic carbocycles. The van der Waals surface area contributed by atoms with Crippen molar-refractivity contribution in [3.63, 3.8) is 0 Å². The number of rotatable bonds is 7. The van der Waals surface area contributed by atoms with Gasteiger partial charge in [-0.1, -0.05) is 0 Å². The van der Waals surface area contributed by atoms with E-state index in [9.17, 15) is 0 Å². The fourth-order valence-electron chi connectivity index (χ4n) is 2.27. The van der Waals surface area contributed by atoms with Crippen molar-refractivity contribution in [1.82, 2.24) is 20.2 Å². The smallest absolute Gasteiger partial charge is 0.225 e. The van der Waals surface area contributed by atoms with E-state index in [1.54, 1.807) is 0 Å². The number of anilines is 1. The van der Waals surface area contributed by atoms with E-state index in [-0.39, 0.29) is 0 Å². The Kier molecular flexibility index (Phi) is 5.54. The summed E-state index contributed by atoms with van der Waals surface area (Å²) in [4.78, 5) is 13.4. The summed E-state index contributed by atoms with van der Waals surface area (Å²) in [6, 6.07) is 0. The van der Waals surface area contributed by atoms with E-state index in [2.05, 4.69) is 39.2 Å². The van der Waals surface area contributed by atoms with E-state index in [1.807, 2.05) is 12.4 Å². The van der Waals surface area contributed by atoms with Crippen molar-refractivity contribution in [2.45, 2.75) is 25.8 Å². The number of aromatic nitrogens is 2. The molecule has 0 atom stereocenters. The molecule has 2 heterocycles. The molecule has 0 bridgehead atoms. The fraction of sp³-hybridized carbons (Fsp3) is 0.714. The van der Waals surface area contributed by atoms with Crippen LogP contribution in [0.15, 0.2) is 12.4 Å². The molecule has 106 valence electrons. The van der Waals surface area contributed by atoms with Crippen LogP contribution in [0.2, 0.25) is 0 Å². The highest BCUT2D eigenvalue weighted by Crippen LogP contribution is 2.14. The summed E-state index contributed by atoms with van der Waals surface area (Å²) < 4.78 is 0. The van der Waals surface area contributed by atoms with Crippen LogP contribution in [-0.2, 0) is 6.54 Å². The maximum atomic E-state index is 4.45. The molecule has 5 nitrogen and oxygen atoms in total. The molecule has 0 amide bonds. The summed E-state index contributed by atoms with van der Waals surface area (Å²) >= 11 is 0. The van der Waals surface area contributed by atoms with Crippen LogP contribution in [0.1, 0.15) is 24.8 Å². The standard InChI is InChI=1S/C14H25N5/c1-18(2)7-5-6-15-10-13-11-16-14(17-12-13)19-8-3-4-9-19/h11-12,15H,3-10H2,1-2H3. The van der Waals surface area contributed by atoms with E-state index in [1.165, 1.54) is 19.3 Å². The molecule has 2 rings (SSSR count). The molecular weight excluding hydrogens is 238 g/mol. The predicted octanol–water partition coefficient (Wildman–Crippen LogP) is 1.12. The molecule has 5 heteroatoms. The predicted molar refractivity (Wildman–Crippen MR) is 78.4 cm³/mol. The Morgan fingerprint density at radius 2 is 1.89 bits per heavy atom. The van der Waals surface area contributed by atoms with Gasteiger partial charge >= 0.3 is 0 Å². The normalized spacial score (nSPS) is 15.4. The van der Waals surface area contributed by atoms with Gasteiger partial charge in [0.05, 0.1) is 0 Å². The zero-order chi connectivity index (χ0) is 13.5. The molecule has 0 radical (unpaired) electrons. The van der Waals surface area contributed by atoms with E-state index < -0.39 is 0 Å². The zero-order valence-corrected chi connectivity index (χ0v) is 12.1. The Morgan fingerprint density at radius 3 is 2.53 bits per heavy atom. The Labute approximate surface area is 116 Å². The molecular formula is C14H25N5. The third-order valence-electron chi connectivity index (χ3n) is 3.37. The van der Waals surface area contributed by atoms with Gasteiger partial charge in [0.2, 0.25) is 5.95 Å². The first-order chi connectivity index (χ1) is 9.25. The summed E-state index contributed by atoms with van der Waals surface area (Å²) in [5.74, 6) is 0.883. The van der Waals surface area contributed by atoms with Gasteiger partial charge in [0, 0.05) is 37.6 Å². The highest BCUT2D eigenvalue weighted by Gasteiger charge is 2.14. The van der Waals surface area contributed by atoms with Crippen molar-refractivity contribution in [1.29, 1.82) is 0 Å². The first-order valence-electron chi connectivity index (χ1n) is 7.17. The molecule has 19 heavy (non-hydrogen) atoms. The quantitative estimate of drug-likeness (QED) is 0.747. The van der Waals surface area contributed by atoms with Crippen molar-refractivity contribution in [3.05, 3.63) is 18.0 Å². The van der Waals surface area contributed by atoms with Crippen LogP contribution in [0.3, 0.4) is 0 Å². The van der Waals surface area contributed by atoms with E-state index >= 15 is 0 Å². The Balaban J connectivity index is 1.69. The van der Waals surface area contributed by atoms with Gasteiger partial charge in [-0.15, -0.1) is 0 Å². The largest absolute Gasteiger partial charge is 0.341 e. The molecule has 0 saturated carbocycles. The summed E-state index contributed by atoms with van der Waals surface area (Å²) in [6.07, 6.45) is 7.58. The van der Waals surface area contributed by atoms with Crippen LogP contribution in [-0.4, -0.2) is 55.1 Å². The van der Waals surface area contributed by atoms with Crippen LogP contribution in [0.4, 0.5) is 5.95 Å². The van der Waals surface area contributed by atoms with Crippen LogP contribution < -0.4 is 10.2 Å². The lowest BCUT2D eigenvalue weighted by molar-refractivity contribution is 0.394. The first kappa shape index (κ1) is 14.2. The molecule has 0 aromatic carbocycles. The highest BCUT2D eigenvalue weighted by molar-refractivity contribution is 5.30. The topological polar surface area (TPSA) is 44.3 Å². The minimum atomic E-state index is 0.855. The fourth-order valence-corrected chi connectivity index (χ4v) is 2.27. The second kappa shape index (κ2) is 7.40. The second-order valence-electron chi connectivity index (χ2n) is 5.42. The van der Waals surface area contributed by atoms with E-state index in [0.29, 0.717) is 0 Å². The third-order valence-corrected chi connectivity index (χ3v) is 3.37. The van der Waals surface area contributed by atoms with E-state index in [0.717, 1.165) is 44.2 Å². The lowest BCUT2D eigenvalue weighted by Crippen LogP contribution is -2.22. The minimum absolute atomic E-state index is 0.855. The van der Waals surface area contributed by atoms with Crippen molar-refractivity contribution in [3.8, 4) is 0 Å². The van der Waals surface area contributed by atoms with Gasteiger partial charge in [0.25, 0.3) is 0 Å². The molecule has 1 aromatic rings. The molecule has 0 unspecified atom stereocenters. The average Bonchev–Trinajstić information content (AvgIpc) is 2.93. The summed E-state index contributed by atoms with van der Waals surface area (Å²) in [5.41, 5.74) is 1.16. The van der Waals surface area contributed by atoms with Gasteiger partial charge in [-0.2, -0.15) is 0 Å². The lowest BCUT2D eigenvalue weighted by Gasteiger charge is -2.14. The van der Waals surface area contributed by atoms with Gasteiger partial charge < -0.3 is 15.1 Å². The lowest BCUT2D eigenvalue weighted by atomic mass is 10.3. The van der Waals surface area contributed by atoms with E-state index in [4.69, 9.17) is 0 Å². The Hall–Kier alpha value is -1.20. The van der Waals surface area contributed by atoms with Crippen LogP contribution in [0.25, 0.3) is 0 Å². The number of hydrogen-bond acceptors (Lipinski definition) is 5. The molecule has 1 aliphatic rings. The van der Waals surface area contributed by atoms with Gasteiger partial charge in [-0.25, -0.2) is 9.97 Å². The van der Waals surface area contributed by atoms with Crippen molar-refractivity contribution in [2.24, 2.45) is 0 Å². The molecule has 1 fully saturated rings. The monoisotopic (exact) mass is 263 g/mol. The number of nitrogens with zero attached hydrogens (tertiary/aromatic N) is 4. The second-order valence-corrected chi connectivity index (χ2v) is 5.42. The zero-order valence-electron chi connectivity index (χ0n) is 12.1. The molecule has 1 saturated heterocycles. The molecule has 1 N–H and O–H groups in total. The summed E-state index contributed by atoms with van der Waals surface area (Å²) in [5, 5.41) is 3.43. The molecule has 1 aliphatic heterocycles. The van der Waals surface area contributed by atoms with Crippen molar-refractivity contribution in [2.75, 3.05) is 45.2 Å². The van der Waals surface area contributed by atoms with Crippen LogP contribution in [0, 0.1) is 0 Å². The average molecular weight is 263 g/mol. The highest BCUT2D eigenvalue weighted by atomic mass is 15.3.